The molecule has 0 aliphatic rings. The maximum absolute atomic E-state index is 8.60. The molecule has 0 saturated heterocycles. The Morgan fingerprint density at radius 1 is 1.60 bits per heavy atom. The van der Waals surface area contributed by atoms with Crippen LogP contribution >= 0.6 is 0 Å². The van der Waals surface area contributed by atoms with Crippen LogP contribution in [0.2, 0.25) is 0 Å². The van der Waals surface area contributed by atoms with Crippen molar-refractivity contribution in [2.24, 2.45) is 22.0 Å². The van der Waals surface area contributed by atoms with Crippen LogP contribution in [-0.2, 0) is 4.84 Å². The van der Waals surface area contributed by atoms with E-state index in [0.717, 1.165) is 6.42 Å². The van der Waals surface area contributed by atoms with E-state index in [2.05, 4.69) is 10.3 Å². The summed E-state index contributed by atoms with van der Waals surface area (Å²) in [6.07, 6.45) is 0.826. The molecule has 0 aromatic carbocycles. The molecular formula is C9H16N4O2. The van der Waals surface area contributed by atoms with E-state index in [1.54, 1.807) is 6.07 Å². The first-order valence-corrected chi connectivity index (χ1v) is 4.68. The average molecular weight is 212 g/mol. The fraction of sp³-hybridized carbons (Fsp3) is 0.667. The summed E-state index contributed by atoms with van der Waals surface area (Å²) >= 11 is 0. The molecule has 0 amide bonds. The van der Waals surface area contributed by atoms with Crippen molar-refractivity contribution in [2.75, 3.05) is 0 Å². The van der Waals surface area contributed by atoms with Gasteiger partial charge in [-0.05, 0) is 19.3 Å². The maximum atomic E-state index is 8.60. The Balaban J connectivity index is 4.44. The molecule has 2 unspecified atom stereocenters. The average Bonchev–Trinajstić information content (AvgIpc) is 2.27. The van der Waals surface area contributed by atoms with E-state index in [0.29, 0.717) is 5.92 Å². The van der Waals surface area contributed by atoms with Crippen molar-refractivity contribution in [3.05, 3.63) is 0 Å². The third kappa shape index (κ3) is 4.31. The largest absolute Gasteiger partial charge is 0.409 e. The molecule has 0 fully saturated rings. The van der Waals surface area contributed by atoms with E-state index in [1.807, 2.05) is 20.8 Å². The second kappa shape index (κ2) is 6.65. The lowest BCUT2D eigenvalue weighted by Gasteiger charge is -2.15. The van der Waals surface area contributed by atoms with Crippen molar-refractivity contribution in [3.63, 3.8) is 0 Å². The lowest BCUT2D eigenvalue weighted by molar-refractivity contribution is 0.0343. The molecule has 0 radical (unpaired) electrons. The van der Waals surface area contributed by atoms with Gasteiger partial charge in [0.2, 0.25) is 11.5 Å². The SMILES string of the molecule is CCC(C)C(C)O/N=C(C#N)\C(N)=N/O. The molecule has 15 heavy (non-hydrogen) atoms. The van der Waals surface area contributed by atoms with Crippen LogP contribution in [0.25, 0.3) is 0 Å². The van der Waals surface area contributed by atoms with Gasteiger partial charge in [-0.1, -0.05) is 24.2 Å². The van der Waals surface area contributed by atoms with Crippen LogP contribution in [0, 0.1) is 17.2 Å². The van der Waals surface area contributed by atoms with Crippen LogP contribution in [0.4, 0.5) is 0 Å². The second-order valence-corrected chi connectivity index (χ2v) is 3.23. The van der Waals surface area contributed by atoms with E-state index in [9.17, 15) is 0 Å². The summed E-state index contributed by atoms with van der Waals surface area (Å²) in [6.45, 7) is 5.89. The Morgan fingerprint density at radius 2 is 2.20 bits per heavy atom. The standard InChI is InChI=1S/C9H16N4O2/c1-4-6(2)7(3)15-13-8(5-10)9(11)12-14/h6-7,14H,4H2,1-3H3,(H2,11,12)/b13-8-. The highest BCUT2D eigenvalue weighted by Crippen LogP contribution is 2.10. The normalized spacial score (nSPS) is 16.7. The van der Waals surface area contributed by atoms with Gasteiger partial charge >= 0.3 is 0 Å². The lowest BCUT2D eigenvalue weighted by Crippen LogP contribution is -2.24. The molecule has 0 rings (SSSR count). The Labute approximate surface area is 89.0 Å². The number of amidine groups is 1. The summed E-state index contributed by atoms with van der Waals surface area (Å²) in [5, 5.41) is 23.1. The molecule has 2 atom stereocenters. The number of nitrogens with two attached hydrogens (primary N) is 1. The fourth-order valence-electron chi connectivity index (χ4n) is 0.743. The zero-order valence-electron chi connectivity index (χ0n) is 9.14. The Morgan fingerprint density at radius 3 is 2.60 bits per heavy atom. The molecule has 0 spiro atoms. The highest BCUT2D eigenvalue weighted by molar-refractivity contribution is 6.46. The molecule has 0 aromatic rings. The third-order valence-electron chi connectivity index (χ3n) is 2.21. The zero-order valence-corrected chi connectivity index (χ0v) is 9.14. The zero-order chi connectivity index (χ0) is 11.8. The lowest BCUT2D eigenvalue weighted by atomic mass is 10.0. The minimum Gasteiger partial charge on any atom is -0.409 e. The van der Waals surface area contributed by atoms with Gasteiger partial charge < -0.3 is 15.8 Å². The molecule has 6 heteroatoms. The number of rotatable bonds is 5. The number of hydrogen-bond acceptors (Lipinski definition) is 5. The van der Waals surface area contributed by atoms with Crippen LogP contribution in [0.1, 0.15) is 27.2 Å². The van der Waals surface area contributed by atoms with E-state index in [-0.39, 0.29) is 17.7 Å². The minimum absolute atomic E-state index is 0.121. The number of hydrogen-bond donors (Lipinski definition) is 2. The fourth-order valence-corrected chi connectivity index (χ4v) is 0.743. The quantitative estimate of drug-likeness (QED) is 0.307. The summed E-state index contributed by atoms with van der Waals surface area (Å²) in [4.78, 5) is 5.06. The van der Waals surface area contributed by atoms with Crippen LogP contribution in [0.15, 0.2) is 10.3 Å². The Kier molecular flexibility index (Phi) is 5.86. The van der Waals surface area contributed by atoms with E-state index < -0.39 is 0 Å². The third-order valence-corrected chi connectivity index (χ3v) is 2.21. The molecule has 3 N–H and O–H groups in total. The van der Waals surface area contributed by atoms with Crippen LogP contribution in [0.5, 0.6) is 0 Å². The van der Waals surface area contributed by atoms with Gasteiger partial charge in [0.1, 0.15) is 12.2 Å². The Bertz CT molecular complexity index is 293. The first-order chi connectivity index (χ1) is 7.06. The maximum Gasteiger partial charge on any atom is 0.224 e. The Hall–Kier alpha value is -1.77. The molecular weight excluding hydrogens is 196 g/mol. The summed E-state index contributed by atoms with van der Waals surface area (Å²) < 4.78 is 0. The molecule has 0 aliphatic carbocycles. The highest BCUT2D eigenvalue weighted by atomic mass is 16.6. The van der Waals surface area contributed by atoms with Gasteiger partial charge in [-0.25, -0.2) is 0 Å². The van der Waals surface area contributed by atoms with Crippen molar-refractivity contribution in [1.82, 2.24) is 0 Å². The molecule has 0 saturated carbocycles. The van der Waals surface area contributed by atoms with Gasteiger partial charge in [0.25, 0.3) is 0 Å². The summed E-state index contributed by atoms with van der Waals surface area (Å²) in [7, 11) is 0. The molecule has 0 aromatic heterocycles. The predicted octanol–water partition coefficient (Wildman–Crippen LogP) is 1.06. The highest BCUT2D eigenvalue weighted by Gasteiger charge is 2.12. The van der Waals surface area contributed by atoms with Gasteiger partial charge in [-0.15, -0.1) is 0 Å². The van der Waals surface area contributed by atoms with E-state index in [4.69, 9.17) is 21.0 Å². The molecule has 84 valence electrons. The van der Waals surface area contributed by atoms with E-state index >= 15 is 0 Å². The molecule has 6 nitrogen and oxygen atoms in total. The summed E-state index contributed by atoms with van der Waals surface area (Å²) in [5.74, 6) is -0.0326. The van der Waals surface area contributed by atoms with Gasteiger partial charge in [0, 0.05) is 0 Å². The van der Waals surface area contributed by atoms with Crippen LogP contribution in [0.3, 0.4) is 0 Å². The first kappa shape index (κ1) is 13.2. The number of oxime groups is 2. The van der Waals surface area contributed by atoms with Gasteiger partial charge in [-0.2, -0.15) is 5.26 Å². The van der Waals surface area contributed by atoms with Gasteiger partial charge in [0.05, 0.1) is 0 Å². The topological polar surface area (TPSA) is 104 Å². The van der Waals surface area contributed by atoms with Crippen molar-refractivity contribution in [3.8, 4) is 6.07 Å². The molecule has 0 aliphatic heterocycles. The monoisotopic (exact) mass is 212 g/mol. The molecule has 0 bridgehead atoms. The first-order valence-electron chi connectivity index (χ1n) is 4.68. The van der Waals surface area contributed by atoms with Crippen molar-refractivity contribution < 1.29 is 10.0 Å². The molecule has 0 heterocycles. The van der Waals surface area contributed by atoms with Crippen LogP contribution < -0.4 is 5.73 Å². The number of nitriles is 1. The van der Waals surface area contributed by atoms with Gasteiger partial charge in [-0.3, -0.25) is 0 Å². The summed E-state index contributed by atoms with van der Waals surface area (Å²) in [6, 6.07) is 1.67. The van der Waals surface area contributed by atoms with Crippen molar-refractivity contribution >= 4 is 11.5 Å². The smallest absolute Gasteiger partial charge is 0.224 e. The summed E-state index contributed by atoms with van der Waals surface area (Å²) in [5.41, 5.74) is 4.96. The van der Waals surface area contributed by atoms with E-state index in [1.165, 1.54) is 0 Å². The van der Waals surface area contributed by atoms with Gasteiger partial charge in [0.15, 0.2) is 0 Å². The minimum atomic E-state index is -0.353. The number of nitrogens with zero attached hydrogens (tertiary/aromatic N) is 3. The van der Waals surface area contributed by atoms with Crippen LogP contribution in [-0.4, -0.2) is 22.9 Å². The van der Waals surface area contributed by atoms with Crippen molar-refractivity contribution in [2.45, 2.75) is 33.3 Å². The second-order valence-electron chi connectivity index (χ2n) is 3.23. The van der Waals surface area contributed by atoms with Crippen molar-refractivity contribution in [1.29, 1.82) is 5.26 Å². The predicted molar refractivity (Wildman–Crippen MR) is 56.5 cm³/mol.